The van der Waals surface area contributed by atoms with Crippen molar-refractivity contribution in [1.82, 2.24) is 25.2 Å². The molecular weight excluding hydrogens is 388 g/mol. The van der Waals surface area contributed by atoms with Crippen LogP contribution in [0, 0.1) is 6.92 Å². The van der Waals surface area contributed by atoms with Gasteiger partial charge in [0, 0.05) is 17.1 Å². The number of ether oxygens (including phenoxy) is 3. The largest absolute Gasteiger partial charge is 0.496 e. The average molecular weight is 408 g/mol. The Balaban J connectivity index is 1.70. The van der Waals surface area contributed by atoms with E-state index >= 15 is 0 Å². The number of methoxy groups -OCH3 is 3. The third-order valence-corrected chi connectivity index (χ3v) is 4.75. The van der Waals surface area contributed by atoms with Crippen molar-refractivity contribution in [3.05, 3.63) is 47.9 Å². The Morgan fingerprint density at radius 3 is 2.53 bits per heavy atom. The number of nitrogens with one attached hydrogen (secondary N) is 2. The first-order chi connectivity index (χ1) is 14.5. The van der Waals surface area contributed by atoms with Gasteiger partial charge < -0.3 is 24.5 Å². The summed E-state index contributed by atoms with van der Waals surface area (Å²) in [5, 5.41) is 14.8. The molecule has 0 saturated carbocycles. The van der Waals surface area contributed by atoms with Crippen LogP contribution in [0.5, 0.6) is 17.2 Å². The maximum atomic E-state index is 12.9. The number of anilines is 1. The molecule has 2 aromatic carbocycles. The fourth-order valence-corrected chi connectivity index (χ4v) is 3.26. The van der Waals surface area contributed by atoms with Gasteiger partial charge in [-0.25, -0.2) is 4.68 Å². The SMILES string of the molecule is COc1cc(OC)c2cc(C(=O)Nc3ccc(C)c(-n4cnnn4)c3)[nH]c2c1OC. The Bertz CT molecular complexity index is 1220. The molecule has 1 amide bonds. The van der Waals surface area contributed by atoms with Crippen molar-refractivity contribution in [3.8, 4) is 22.9 Å². The van der Waals surface area contributed by atoms with Gasteiger partial charge in [-0.05, 0) is 41.1 Å². The summed E-state index contributed by atoms with van der Waals surface area (Å²) in [6, 6.07) is 8.93. The second-order valence-electron chi connectivity index (χ2n) is 6.50. The number of hydrogen-bond acceptors (Lipinski definition) is 7. The Morgan fingerprint density at radius 2 is 1.87 bits per heavy atom. The zero-order valence-electron chi connectivity index (χ0n) is 16.9. The number of rotatable bonds is 6. The lowest BCUT2D eigenvalue weighted by Crippen LogP contribution is -2.12. The van der Waals surface area contributed by atoms with E-state index in [4.69, 9.17) is 14.2 Å². The number of carbonyl (C=O) groups is 1. The number of carbonyl (C=O) groups excluding carboxylic acids is 1. The minimum absolute atomic E-state index is 0.319. The van der Waals surface area contributed by atoms with Crippen molar-refractivity contribution in [1.29, 1.82) is 0 Å². The minimum atomic E-state index is -0.319. The van der Waals surface area contributed by atoms with Crippen LogP contribution in [0.25, 0.3) is 16.6 Å². The predicted octanol–water partition coefficient (Wildman–Crippen LogP) is 2.73. The second kappa shape index (κ2) is 7.74. The molecule has 2 heterocycles. The number of H-pyrrole nitrogens is 1. The molecule has 0 unspecified atom stereocenters. The van der Waals surface area contributed by atoms with Gasteiger partial charge in [-0.2, -0.15) is 0 Å². The molecule has 0 saturated heterocycles. The molecule has 0 radical (unpaired) electrons. The summed E-state index contributed by atoms with van der Waals surface area (Å²) in [4.78, 5) is 16.0. The normalized spacial score (nSPS) is 10.8. The third-order valence-electron chi connectivity index (χ3n) is 4.75. The molecule has 0 bridgehead atoms. The van der Waals surface area contributed by atoms with E-state index < -0.39 is 0 Å². The zero-order chi connectivity index (χ0) is 21.3. The monoisotopic (exact) mass is 408 g/mol. The van der Waals surface area contributed by atoms with E-state index in [2.05, 4.69) is 25.8 Å². The number of aromatic amines is 1. The lowest BCUT2D eigenvalue weighted by molar-refractivity contribution is 0.102. The topological polar surface area (TPSA) is 116 Å². The average Bonchev–Trinajstić information content (AvgIpc) is 3.44. The highest BCUT2D eigenvalue weighted by atomic mass is 16.5. The van der Waals surface area contributed by atoms with Crippen LogP contribution in [0.2, 0.25) is 0 Å². The molecule has 10 nitrogen and oxygen atoms in total. The maximum absolute atomic E-state index is 12.9. The standard InChI is InChI=1S/C20H20N6O4/c1-11-5-6-12(7-15(11)26-10-21-24-25-26)22-20(27)14-8-13-16(28-2)9-17(29-3)19(30-4)18(13)23-14/h5-10,23H,1-4H3,(H,22,27). The van der Waals surface area contributed by atoms with Crippen LogP contribution in [0.4, 0.5) is 5.69 Å². The molecule has 0 aliphatic carbocycles. The van der Waals surface area contributed by atoms with Gasteiger partial charge in [0.25, 0.3) is 5.91 Å². The van der Waals surface area contributed by atoms with Crippen LogP contribution in [0.15, 0.2) is 36.7 Å². The molecule has 10 heteroatoms. The molecule has 2 N–H and O–H groups in total. The van der Waals surface area contributed by atoms with Crippen molar-refractivity contribution in [2.45, 2.75) is 6.92 Å². The maximum Gasteiger partial charge on any atom is 0.272 e. The first-order valence-corrected chi connectivity index (χ1v) is 9.02. The van der Waals surface area contributed by atoms with Crippen molar-refractivity contribution >= 4 is 22.5 Å². The number of tetrazole rings is 1. The molecule has 154 valence electrons. The molecule has 4 rings (SSSR count). The number of amides is 1. The van der Waals surface area contributed by atoms with Crippen molar-refractivity contribution in [2.24, 2.45) is 0 Å². The highest BCUT2D eigenvalue weighted by Crippen LogP contribution is 2.41. The quantitative estimate of drug-likeness (QED) is 0.504. The van der Waals surface area contributed by atoms with Crippen LogP contribution in [0.1, 0.15) is 16.1 Å². The van der Waals surface area contributed by atoms with E-state index in [-0.39, 0.29) is 5.91 Å². The van der Waals surface area contributed by atoms with E-state index in [1.807, 2.05) is 19.1 Å². The molecule has 4 aromatic rings. The van der Waals surface area contributed by atoms with Gasteiger partial charge >= 0.3 is 0 Å². The predicted molar refractivity (Wildman–Crippen MR) is 110 cm³/mol. The fraction of sp³-hybridized carbons (Fsp3) is 0.200. The van der Waals surface area contributed by atoms with Gasteiger partial charge in [0.05, 0.1) is 32.5 Å². The van der Waals surface area contributed by atoms with Gasteiger partial charge in [0.1, 0.15) is 17.8 Å². The lowest BCUT2D eigenvalue weighted by atomic mass is 10.1. The first-order valence-electron chi connectivity index (χ1n) is 9.02. The summed E-state index contributed by atoms with van der Waals surface area (Å²) < 4.78 is 17.8. The Kier molecular flexibility index (Phi) is 4.97. The van der Waals surface area contributed by atoms with Gasteiger partial charge in [-0.1, -0.05) is 6.07 Å². The summed E-state index contributed by atoms with van der Waals surface area (Å²) >= 11 is 0. The van der Waals surface area contributed by atoms with Gasteiger partial charge in [0.15, 0.2) is 11.5 Å². The summed E-state index contributed by atoms with van der Waals surface area (Å²) in [7, 11) is 4.64. The Labute approximate surface area is 171 Å². The zero-order valence-corrected chi connectivity index (χ0v) is 16.9. The van der Waals surface area contributed by atoms with E-state index in [0.717, 1.165) is 11.3 Å². The first kappa shape index (κ1) is 19.2. The summed E-state index contributed by atoms with van der Waals surface area (Å²) in [6.07, 6.45) is 1.50. The number of aryl methyl sites for hydroxylation is 1. The van der Waals surface area contributed by atoms with Gasteiger partial charge in [-0.3, -0.25) is 4.79 Å². The van der Waals surface area contributed by atoms with Crippen LogP contribution >= 0.6 is 0 Å². The van der Waals surface area contributed by atoms with Gasteiger partial charge in [-0.15, -0.1) is 5.10 Å². The highest BCUT2D eigenvalue weighted by Gasteiger charge is 2.20. The van der Waals surface area contributed by atoms with Crippen molar-refractivity contribution in [3.63, 3.8) is 0 Å². The van der Waals surface area contributed by atoms with E-state index in [9.17, 15) is 4.79 Å². The molecule has 0 atom stereocenters. The number of nitrogens with zero attached hydrogens (tertiary/aromatic N) is 4. The van der Waals surface area contributed by atoms with Crippen LogP contribution in [-0.2, 0) is 0 Å². The molecule has 0 aliphatic rings. The summed E-state index contributed by atoms with van der Waals surface area (Å²) in [6.45, 7) is 1.94. The fourth-order valence-electron chi connectivity index (χ4n) is 3.26. The Morgan fingerprint density at radius 1 is 1.07 bits per heavy atom. The van der Waals surface area contributed by atoms with E-state index in [1.165, 1.54) is 18.1 Å². The van der Waals surface area contributed by atoms with Crippen molar-refractivity contribution in [2.75, 3.05) is 26.6 Å². The minimum Gasteiger partial charge on any atom is -0.496 e. The molecule has 30 heavy (non-hydrogen) atoms. The van der Waals surface area contributed by atoms with Crippen LogP contribution < -0.4 is 19.5 Å². The molecular formula is C20H20N6O4. The number of benzene rings is 2. The highest BCUT2D eigenvalue weighted by molar-refractivity contribution is 6.08. The molecule has 0 fully saturated rings. The van der Waals surface area contributed by atoms with Crippen LogP contribution in [0.3, 0.4) is 0 Å². The smallest absolute Gasteiger partial charge is 0.272 e. The van der Waals surface area contributed by atoms with E-state index in [1.54, 1.807) is 32.4 Å². The number of aromatic nitrogens is 5. The molecule has 0 spiro atoms. The van der Waals surface area contributed by atoms with Crippen molar-refractivity contribution < 1.29 is 19.0 Å². The summed E-state index contributed by atoms with van der Waals surface area (Å²) in [5.41, 5.74) is 3.29. The number of hydrogen-bond donors (Lipinski definition) is 2. The van der Waals surface area contributed by atoms with Crippen LogP contribution in [-0.4, -0.2) is 52.4 Å². The summed E-state index contributed by atoms with van der Waals surface area (Å²) in [5.74, 6) is 1.24. The second-order valence-corrected chi connectivity index (χ2v) is 6.50. The molecule has 2 aromatic heterocycles. The third kappa shape index (κ3) is 3.28. The van der Waals surface area contributed by atoms with E-state index in [0.29, 0.717) is 39.5 Å². The number of fused-ring (bicyclic) bond motifs is 1. The molecule has 0 aliphatic heterocycles. The Hall–Kier alpha value is -4.08. The lowest BCUT2D eigenvalue weighted by Gasteiger charge is -2.11. The van der Waals surface area contributed by atoms with Gasteiger partial charge in [0.2, 0.25) is 0 Å².